The summed E-state index contributed by atoms with van der Waals surface area (Å²) in [5.74, 6) is 0.230. The second-order valence-electron chi connectivity index (χ2n) is 5.18. The van der Waals surface area contributed by atoms with Crippen molar-refractivity contribution in [2.75, 3.05) is 45.2 Å². The van der Waals surface area contributed by atoms with E-state index in [0.29, 0.717) is 30.1 Å². The zero-order chi connectivity index (χ0) is 17.9. The molecule has 0 spiro atoms. The Morgan fingerprint density at radius 3 is 2.42 bits per heavy atom. The summed E-state index contributed by atoms with van der Waals surface area (Å²) < 4.78 is 5.28. The Balaban J connectivity index is 2.70. The summed E-state index contributed by atoms with van der Waals surface area (Å²) in [6.07, 6.45) is 0. The Kier molecular flexibility index (Phi) is 8.64. The number of rotatable bonds is 9. The zero-order valence-corrected chi connectivity index (χ0v) is 14.9. The molecule has 0 aliphatic carbocycles. The van der Waals surface area contributed by atoms with E-state index in [2.05, 4.69) is 34.7 Å². The van der Waals surface area contributed by atoms with E-state index in [0.717, 1.165) is 19.6 Å². The van der Waals surface area contributed by atoms with E-state index in [4.69, 9.17) is 4.74 Å². The van der Waals surface area contributed by atoms with Crippen LogP contribution in [0.5, 0.6) is 5.75 Å². The molecule has 0 radical (unpaired) electrons. The van der Waals surface area contributed by atoms with Crippen molar-refractivity contribution in [2.45, 2.75) is 20.8 Å². The Hall–Kier alpha value is -2.28. The number of hydrogen-bond donors (Lipinski definition) is 3. The van der Waals surface area contributed by atoms with Crippen molar-refractivity contribution in [3.8, 4) is 5.75 Å². The topological polar surface area (TPSA) is 82.7 Å². The molecule has 1 rings (SSSR count). The van der Waals surface area contributed by atoms with Gasteiger partial charge < -0.3 is 25.6 Å². The summed E-state index contributed by atoms with van der Waals surface area (Å²) in [6, 6.07) is 4.66. The fourth-order valence-electron chi connectivity index (χ4n) is 2.26. The molecule has 134 valence electrons. The molecule has 0 aromatic heterocycles. The molecule has 0 aliphatic rings. The SMILES string of the molecule is CCNC(=O)Nc1ccc(C(=O)NCCN(CC)CC)c(OC)c1. The summed E-state index contributed by atoms with van der Waals surface area (Å²) in [7, 11) is 1.50. The van der Waals surface area contributed by atoms with Gasteiger partial charge in [-0.3, -0.25) is 4.79 Å². The number of amides is 3. The molecule has 24 heavy (non-hydrogen) atoms. The molecule has 0 unspecified atom stereocenters. The maximum Gasteiger partial charge on any atom is 0.319 e. The highest BCUT2D eigenvalue weighted by atomic mass is 16.5. The zero-order valence-electron chi connectivity index (χ0n) is 14.9. The van der Waals surface area contributed by atoms with E-state index >= 15 is 0 Å². The Labute approximate surface area is 143 Å². The molecule has 0 heterocycles. The van der Waals surface area contributed by atoms with Gasteiger partial charge in [0.2, 0.25) is 0 Å². The average molecular weight is 336 g/mol. The van der Waals surface area contributed by atoms with Crippen molar-refractivity contribution in [2.24, 2.45) is 0 Å². The van der Waals surface area contributed by atoms with Gasteiger partial charge in [-0.1, -0.05) is 13.8 Å². The van der Waals surface area contributed by atoms with E-state index < -0.39 is 0 Å². The van der Waals surface area contributed by atoms with E-state index in [1.54, 1.807) is 18.2 Å². The predicted molar refractivity (Wildman–Crippen MR) is 95.8 cm³/mol. The molecule has 0 atom stereocenters. The van der Waals surface area contributed by atoms with Crippen LogP contribution in [0.1, 0.15) is 31.1 Å². The highest BCUT2D eigenvalue weighted by Gasteiger charge is 2.13. The highest BCUT2D eigenvalue weighted by Crippen LogP contribution is 2.23. The van der Waals surface area contributed by atoms with Crippen LogP contribution in [0, 0.1) is 0 Å². The van der Waals surface area contributed by atoms with Gasteiger partial charge in [-0.2, -0.15) is 0 Å². The molecule has 3 N–H and O–H groups in total. The molecule has 0 aliphatic heterocycles. The van der Waals surface area contributed by atoms with Crippen molar-refractivity contribution in [3.05, 3.63) is 23.8 Å². The smallest absolute Gasteiger partial charge is 0.319 e. The van der Waals surface area contributed by atoms with Gasteiger partial charge in [-0.05, 0) is 32.1 Å². The van der Waals surface area contributed by atoms with Crippen molar-refractivity contribution >= 4 is 17.6 Å². The van der Waals surface area contributed by atoms with Gasteiger partial charge in [-0.15, -0.1) is 0 Å². The van der Waals surface area contributed by atoms with Crippen LogP contribution in [0.2, 0.25) is 0 Å². The Morgan fingerprint density at radius 1 is 1.12 bits per heavy atom. The third-order valence-electron chi connectivity index (χ3n) is 3.65. The van der Waals surface area contributed by atoms with Crippen molar-refractivity contribution in [1.29, 1.82) is 0 Å². The third kappa shape index (κ3) is 6.08. The molecule has 0 bridgehead atoms. The molecule has 0 saturated heterocycles. The van der Waals surface area contributed by atoms with Crippen molar-refractivity contribution in [3.63, 3.8) is 0 Å². The van der Waals surface area contributed by atoms with Crippen LogP contribution in [0.4, 0.5) is 10.5 Å². The summed E-state index contributed by atoms with van der Waals surface area (Å²) >= 11 is 0. The van der Waals surface area contributed by atoms with E-state index in [1.165, 1.54) is 7.11 Å². The first-order chi connectivity index (χ1) is 11.5. The monoisotopic (exact) mass is 336 g/mol. The van der Waals surface area contributed by atoms with E-state index in [1.807, 2.05) is 6.92 Å². The van der Waals surface area contributed by atoms with Gasteiger partial charge in [0.1, 0.15) is 5.75 Å². The maximum absolute atomic E-state index is 12.3. The van der Waals surface area contributed by atoms with Gasteiger partial charge in [0.25, 0.3) is 5.91 Å². The lowest BCUT2D eigenvalue weighted by molar-refractivity contribution is 0.0946. The number of hydrogen-bond acceptors (Lipinski definition) is 4. The lowest BCUT2D eigenvalue weighted by atomic mass is 10.1. The van der Waals surface area contributed by atoms with Crippen LogP contribution in [0.15, 0.2) is 18.2 Å². The fourth-order valence-corrected chi connectivity index (χ4v) is 2.26. The molecule has 1 aromatic rings. The number of carbonyl (C=O) groups excluding carboxylic acids is 2. The second-order valence-corrected chi connectivity index (χ2v) is 5.18. The summed E-state index contributed by atoms with van der Waals surface area (Å²) in [6.45, 7) is 9.84. The molecular weight excluding hydrogens is 308 g/mol. The summed E-state index contributed by atoms with van der Waals surface area (Å²) in [5, 5.41) is 8.23. The average Bonchev–Trinajstić information content (AvgIpc) is 2.58. The number of benzene rings is 1. The lowest BCUT2D eigenvalue weighted by Gasteiger charge is -2.18. The van der Waals surface area contributed by atoms with Crippen LogP contribution in [0.3, 0.4) is 0 Å². The first-order valence-electron chi connectivity index (χ1n) is 8.29. The normalized spacial score (nSPS) is 10.4. The number of methoxy groups -OCH3 is 1. The van der Waals surface area contributed by atoms with Crippen LogP contribution < -0.4 is 20.7 Å². The van der Waals surface area contributed by atoms with Crippen LogP contribution in [-0.2, 0) is 0 Å². The van der Waals surface area contributed by atoms with E-state index in [9.17, 15) is 9.59 Å². The summed E-state index contributed by atoms with van der Waals surface area (Å²) in [4.78, 5) is 26.1. The van der Waals surface area contributed by atoms with Gasteiger partial charge in [0.15, 0.2) is 0 Å². The van der Waals surface area contributed by atoms with Gasteiger partial charge in [0.05, 0.1) is 12.7 Å². The summed E-state index contributed by atoms with van der Waals surface area (Å²) in [5.41, 5.74) is 1.01. The molecule has 0 saturated carbocycles. The minimum atomic E-state index is -0.295. The third-order valence-corrected chi connectivity index (χ3v) is 3.65. The van der Waals surface area contributed by atoms with E-state index in [-0.39, 0.29) is 11.9 Å². The minimum absolute atomic E-state index is 0.191. The number of urea groups is 1. The number of likely N-dealkylation sites (N-methyl/N-ethyl adjacent to an activating group) is 1. The maximum atomic E-state index is 12.3. The molecule has 7 nitrogen and oxygen atoms in total. The number of carbonyl (C=O) groups is 2. The largest absolute Gasteiger partial charge is 0.496 e. The standard InChI is InChI=1S/C17H28N4O3/c1-5-18-17(23)20-13-8-9-14(15(12-13)24-4)16(22)19-10-11-21(6-2)7-3/h8-9,12H,5-7,10-11H2,1-4H3,(H,19,22)(H2,18,20,23). The number of nitrogens with one attached hydrogen (secondary N) is 3. The molecule has 0 fully saturated rings. The first kappa shape index (κ1) is 19.8. The van der Waals surface area contributed by atoms with Crippen molar-refractivity contribution < 1.29 is 14.3 Å². The number of nitrogens with zero attached hydrogens (tertiary/aromatic N) is 1. The molecule has 1 aromatic carbocycles. The van der Waals surface area contributed by atoms with Gasteiger partial charge >= 0.3 is 6.03 Å². The predicted octanol–water partition coefficient (Wildman–Crippen LogP) is 1.91. The first-order valence-corrected chi connectivity index (χ1v) is 8.29. The minimum Gasteiger partial charge on any atom is -0.496 e. The molecule has 3 amide bonds. The lowest BCUT2D eigenvalue weighted by Crippen LogP contribution is -2.35. The quantitative estimate of drug-likeness (QED) is 0.643. The number of ether oxygens (including phenoxy) is 1. The Morgan fingerprint density at radius 2 is 1.83 bits per heavy atom. The number of anilines is 1. The fraction of sp³-hybridized carbons (Fsp3) is 0.529. The van der Waals surface area contributed by atoms with Gasteiger partial charge in [0, 0.05) is 31.4 Å². The van der Waals surface area contributed by atoms with Crippen LogP contribution in [-0.4, -0.2) is 56.7 Å². The molecule has 7 heteroatoms. The van der Waals surface area contributed by atoms with Gasteiger partial charge in [-0.25, -0.2) is 4.79 Å². The second kappa shape index (κ2) is 10.5. The van der Waals surface area contributed by atoms with Crippen molar-refractivity contribution in [1.82, 2.24) is 15.5 Å². The van der Waals surface area contributed by atoms with Crippen LogP contribution in [0.25, 0.3) is 0 Å². The molecular formula is C17H28N4O3. The highest BCUT2D eigenvalue weighted by molar-refractivity contribution is 5.98. The Bertz CT molecular complexity index is 545. The van der Waals surface area contributed by atoms with Crippen LogP contribution >= 0.6 is 0 Å².